The molecule has 0 heterocycles. The molecule has 0 aromatic heterocycles. The normalized spacial score (nSPS) is 10.7. The highest BCUT2D eigenvalue weighted by atomic mass is 79.9. The van der Waals surface area contributed by atoms with Crippen molar-refractivity contribution in [2.24, 2.45) is 0 Å². The number of benzene rings is 4. The first-order chi connectivity index (χ1) is 24.2. The zero-order valence-electron chi connectivity index (χ0n) is 26.6. The summed E-state index contributed by atoms with van der Waals surface area (Å²) in [4.78, 5) is 23.1. The summed E-state index contributed by atoms with van der Waals surface area (Å²) < 4.78 is 101. The molecule has 7 nitrogen and oxygen atoms in total. The Balaban J connectivity index is 0.000000276. The van der Waals surface area contributed by atoms with Gasteiger partial charge in [-0.2, -0.15) is 5.26 Å². The number of nitrogens with zero attached hydrogens (tertiary/aromatic N) is 1. The molecule has 0 radical (unpaired) electrons. The summed E-state index contributed by atoms with van der Waals surface area (Å²) >= 11 is 15.0. The first-order valence-electron chi connectivity index (χ1n) is 14.7. The van der Waals surface area contributed by atoms with E-state index >= 15 is 0 Å². The number of hydrogen-bond donors (Lipinski definition) is 0. The molecule has 16 heteroatoms. The van der Waals surface area contributed by atoms with Crippen LogP contribution in [0.15, 0.2) is 65.1 Å². The Morgan fingerprint density at radius 2 is 1.16 bits per heavy atom. The maximum Gasteiger partial charge on any atom is 0.310 e. The van der Waals surface area contributed by atoms with Gasteiger partial charge in [0.25, 0.3) is 12.9 Å². The van der Waals surface area contributed by atoms with Gasteiger partial charge in [-0.15, -0.1) is 0 Å². The molecule has 0 fully saturated rings. The van der Waals surface area contributed by atoms with Crippen molar-refractivity contribution in [2.75, 3.05) is 13.2 Å². The second kappa shape index (κ2) is 19.2. The van der Waals surface area contributed by atoms with Crippen molar-refractivity contribution in [1.82, 2.24) is 0 Å². The van der Waals surface area contributed by atoms with Crippen molar-refractivity contribution < 1.29 is 54.9 Å². The smallest absolute Gasteiger partial charge is 0.310 e. The van der Waals surface area contributed by atoms with E-state index in [0.29, 0.717) is 4.47 Å². The number of ether oxygens (including phenoxy) is 4. The molecule has 270 valence electrons. The van der Waals surface area contributed by atoms with Crippen molar-refractivity contribution in [3.8, 4) is 29.1 Å². The quantitative estimate of drug-likeness (QED) is 0.104. The number of rotatable bonds is 12. The summed E-state index contributed by atoms with van der Waals surface area (Å²) in [6.45, 7) is 3.58. The monoisotopic (exact) mass is 819 g/mol. The Kier molecular flexibility index (Phi) is 15.5. The van der Waals surface area contributed by atoms with Gasteiger partial charge in [0.15, 0.2) is 23.1 Å². The lowest BCUT2D eigenvalue weighted by molar-refractivity contribution is -0.143. The standard InChI is InChI=1S/C18H13ClF3NO3.C17H13BrClF3O3/c1-2-25-15(24)8-11-3-4-14(19)17(16(11)20)26-13-6-10(9-23)5-12(7-13)18(21)22;1-2-24-14(23)7-9-3-4-13(19)16(15(9)20)25-12-6-10(17(21)22)5-11(18)8-12/h3-7,18H,2,8H2,1H3;3-6,8,17H,2,7H2,1H3. The van der Waals surface area contributed by atoms with E-state index in [1.54, 1.807) is 19.9 Å². The summed E-state index contributed by atoms with van der Waals surface area (Å²) in [6.07, 6.45) is -6.18. The van der Waals surface area contributed by atoms with Crippen molar-refractivity contribution in [1.29, 1.82) is 5.26 Å². The Bertz CT molecular complexity index is 1930. The topological polar surface area (TPSA) is 94.8 Å². The van der Waals surface area contributed by atoms with Gasteiger partial charge in [0.2, 0.25) is 0 Å². The van der Waals surface area contributed by atoms with E-state index in [2.05, 4.69) is 15.9 Å². The van der Waals surface area contributed by atoms with Crippen LogP contribution < -0.4 is 9.47 Å². The molecule has 0 bridgehead atoms. The fourth-order valence-electron chi connectivity index (χ4n) is 4.22. The van der Waals surface area contributed by atoms with Gasteiger partial charge in [-0.25, -0.2) is 26.3 Å². The molecular weight excluding hydrogens is 795 g/mol. The maximum atomic E-state index is 14.6. The molecule has 0 spiro atoms. The predicted molar refractivity (Wildman–Crippen MR) is 179 cm³/mol. The zero-order valence-corrected chi connectivity index (χ0v) is 29.7. The first kappa shape index (κ1) is 41.0. The third-order valence-electron chi connectivity index (χ3n) is 6.43. The van der Waals surface area contributed by atoms with Crippen LogP contribution in [0.1, 0.15) is 54.5 Å². The van der Waals surface area contributed by atoms with Crippen LogP contribution in [0.5, 0.6) is 23.0 Å². The summed E-state index contributed by atoms with van der Waals surface area (Å²) in [6, 6.07) is 13.9. The second-order valence-electron chi connectivity index (χ2n) is 10.1. The van der Waals surface area contributed by atoms with E-state index in [1.807, 2.05) is 0 Å². The van der Waals surface area contributed by atoms with Gasteiger partial charge >= 0.3 is 11.9 Å². The number of nitriles is 1. The van der Waals surface area contributed by atoms with Crippen LogP contribution in [0, 0.1) is 23.0 Å². The zero-order chi connectivity index (χ0) is 37.8. The minimum atomic E-state index is -2.83. The summed E-state index contributed by atoms with van der Waals surface area (Å²) in [5.74, 6) is -3.95. The van der Waals surface area contributed by atoms with Crippen molar-refractivity contribution in [3.05, 3.63) is 115 Å². The van der Waals surface area contributed by atoms with Crippen LogP contribution in [-0.2, 0) is 31.9 Å². The summed E-state index contributed by atoms with van der Waals surface area (Å²) in [5.41, 5.74) is -0.797. The van der Waals surface area contributed by atoms with Crippen molar-refractivity contribution >= 4 is 51.1 Å². The molecule has 0 saturated heterocycles. The van der Waals surface area contributed by atoms with Gasteiger partial charge in [0, 0.05) is 26.7 Å². The van der Waals surface area contributed by atoms with Crippen LogP contribution >= 0.6 is 39.1 Å². The van der Waals surface area contributed by atoms with Gasteiger partial charge in [-0.05, 0) is 62.4 Å². The van der Waals surface area contributed by atoms with E-state index in [9.17, 15) is 35.9 Å². The number of halogens is 9. The lowest BCUT2D eigenvalue weighted by Gasteiger charge is -2.13. The fraction of sp³-hybridized carbons (Fsp3) is 0.229. The first-order valence-corrected chi connectivity index (χ1v) is 16.2. The Labute approximate surface area is 306 Å². The SMILES string of the molecule is CCOC(=O)Cc1ccc(Cl)c(Oc2cc(Br)cc(C(F)F)c2)c1F.CCOC(=O)Cc1ccc(Cl)c(Oc2cc(C#N)cc(C(F)F)c2)c1F. The number of alkyl halides is 4. The van der Waals surface area contributed by atoms with Gasteiger partial charge < -0.3 is 18.9 Å². The number of hydrogen-bond acceptors (Lipinski definition) is 7. The van der Waals surface area contributed by atoms with E-state index in [0.717, 1.165) is 18.2 Å². The molecule has 4 aromatic carbocycles. The van der Waals surface area contributed by atoms with Crippen LogP contribution in [0.2, 0.25) is 10.0 Å². The van der Waals surface area contributed by atoms with Crippen LogP contribution in [-0.4, -0.2) is 25.2 Å². The van der Waals surface area contributed by atoms with Gasteiger partial charge in [0.1, 0.15) is 11.5 Å². The molecule has 0 aliphatic rings. The molecule has 0 aliphatic carbocycles. The molecular formula is C35H26BrCl2F6NO6. The van der Waals surface area contributed by atoms with Crippen LogP contribution in [0.4, 0.5) is 26.3 Å². The molecule has 0 unspecified atom stereocenters. The molecule has 0 N–H and O–H groups in total. The fourth-order valence-corrected chi connectivity index (χ4v) is 5.08. The molecule has 51 heavy (non-hydrogen) atoms. The van der Waals surface area contributed by atoms with Crippen molar-refractivity contribution in [3.63, 3.8) is 0 Å². The average molecular weight is 821 g/mol. The van der Waals surface area contributed by atoms with E-state index in [-0.39, 0.29) is 75.6 Å². The highest BCUT2D eigenvalue weighted by Gasteiger charge is 2.21. The minimum Gasteiger partial charge on any atom is -0.466 e. The predicted octanol–water partition coefficient (Wildman–Crippen LogP) is 11.3. The highest BCUT2D eigenvalue weighted by Crippen LogP contribution is 2.38. The maximum absolute atomic E-state index is 14.6. The number of esters is 2. The minimum absolute atomic E-state index is 0.0150. The lowest BCUT2D eigenvalue weighted by atomic mass is 10.1. The molecule has 0 saturated carbocycles. The van der Waals surface area contributed by atoms with Crippen LogP contribution in [0.25, 0.3) is 0 Å². The Morgan fingerprint density at radius 3 is 1.57 bits per heavy atom. The van der Waals surface area contributed by atoms with Gasteiger partial charge in [0.05, 0.1) is 47.7 Å². The summed E-state index contributed by atoms with van der Waals surface area (Å²) in [7, 11) is 0. The third-order valence-corrected chi connectivity index (χ3v) is 7.49. The van der Waals surface area contributed by atoms with E-state index in [1.165, 1.54) is 42.5 Å². The Hall–Kier alpha value is -4.45. The third kappa shape index (κ3) is 11.8. The van der Waals surface area contributed by atoms with Gasteiger partial charge in [-0.1, -0.05) is 51.3 Å². The Morgan fingerprint density at radius 1 is 0.725 bits per heavy atom. The highest BCUT2D eigenvalue weighted by molar-refractivity contribution is 9.10. The number of carbonyl (C=O) groups excluding carboxylic acids is 2. The number of carbonyl (C=O) groups is 2. The molecule has 0 atom stereocenters. The van der Waals surface area contributed by atoms with E-state index in [4.69, 9.17) is 47.4 Å². The lowest BCUT2D eigenvalue weighted by Crippen LogP contribution is -2.09. The molecule has 4 rings (SSSR count). The van der Waals surface area contributed by atoms with Crippen LogP contribution in [0.3, 0.4) is 0 Å². The second-order valence-corrected chi connectivity index (χ2v) is 11.8. The molecule has 0 aliphatic heterocycles. The molecule has 0 amide bonds. The van der Waals surface area contributed by atoms with Crippen molar-refractivity contribution in [2.45, 2.75) is 39.5 Å². The summed E-state index contributed by atoms with van der Waals surface area (Å²) in [5, 5.41) is 8.77. The van der Waals surface area contributed by atoms with E-state index < -0.39 is 47.7 Å². The molecule has 4 aromatic rings. The van der Waals surface area contributed by atoms with Gasteiger partial charge in [-0.3, -0.25) is 9.59 Å². The largest absolute Gasteiger partial charge is 0.466 e. The average Bonchev–Trinajstić information content (AvgIpc) is 3.07.